The molecule has 2 fully saturated rings. The summed E-state index contributed by atoms with van der Waals surface area (Å²) < 4.78 is 20.6. The van der Waals surface area contributed by atoms with Gasteiger partial charge in [-0.25, -0.2) is 4.98 Å². The van der Waals surface area contributed by atoms with E-state index in [0.29, 0.717) is 5.13 Å². The average molecular weight is 974 g/mol. The van der Waals surface area contributed by atoms with Crippen LogP contribution in [0.2, 0.25) is 0 Å². The highest BCUT2D eigenvalue weighted by Gasteiger charge is 2.64. The molecular weight excluding hydrogens is 934 g/mol. The number of rotatable bonds is 15. The molecule has 2 aliphatic rings. The fourth-order valence-corrected chi connectivity index (χ4v) is 11.8. The minimum Gasteiger partial charge on any atom is -0.615 e. The number of anilines is 1. The van der Waals surface area contributed by atoms with Gasteiger partial charge in [0.1, 0.15) is 22.4 Å². The fraction of sp³-hybridized carbons (Fsp3) is 0.188. The molecule has 0 radical (unpaired) electrons. The van der Waals surface area contributed by atoms with Crippen molar-refractivity contribution >= 4 is 73.7 Å². The Morgan fingerprint density at radius 2 is 1.42 bits per heavy atom. The van der Waals surface area contributed by atoms with E-state index >= 15 is 0 Å². The number of hydrogen-bond acceptors (Lipinski definition) is 10. The zero-order valence-electron chi connectivity index (χ0n) is 33.1. The van der Waals surface area contributed by atoms with Crippen molar-refractivity contribution in [2.75, 3.05) is 28.6 Å². The number of benzene rings is 5. The first kappa shape index (κ1) is 42.7. The van der Waals surface area contributed by atoms with Gasteiger partial charge in [-0.1, -0.05) is 185 Å². The predicted octanol–water partition coefficient (Wildman–Crippen LogP) is 7.07. The van der Waals surface area contributed by atoms with Gasteiger partial charge in [-0.15, -0.1) is 17.8 Å². The topological polar surface area (TPSA) is 145 Å². The Balaban J connectivity index is 1.03. The van der Waals surface area contributed by atoms with Crippen LogP contribution in [-0.2, 0) is 40.7 Å². The Morgan fingerprint density at radius 3 is 1.92 bits per heavy atom. The monoisotopic (exact) mass is 973 g/mol. The van der Waals surface area contributed by atoms with Crippen LogP contribution in [0.1, 0.15) is 39.6 Å². The van der Waals surface area contributed by atoms with E-state index in [1.165, 1.54) is 16.2 Å². The van der Waals surface area contributed by atoms with Crippen molar-refractivity contribution < 1.29 is 28.5 Å². The maximum absolute atomic E-state index is 14.2. The lowest BCUT2D eigenvalue weighted by Crippen LogP contribution is -2.78. The number of thiazole rings is 1. The van der Waals surface area contributed by atoms with Crippen molar-refractivity contribution in [1.29, 1.82) is 0 Å². The normalized spacial score (nSPS) is 19.7. The van der Waals surface area contributed by atoms with Crippen LogP contribution >= 0.6 is 33.9 Å². The molecule has 1 aromatic heterocycles. The molecule has 2 aliphatic heterocycles. The molecule has 8 rings (SSSR count). The van der Waals surface area contributed by atoms with E-state index in [0.717, 1.165) is 27.8 Å². The van der Waals surface area contributed by atoms with Gasteiger partial charge in [0, 0.05) is 16.4 Å². The third-order valence-corrected chi connectivity index (χ3v) is 15.0. The SMILES string of the molecule is C#CCON=C(C(=O)NC1C(=O)N2CC(CI)(C(=O)OC(c3ccccc3)c3ccccc3)C[S+]([O-])[C@H]12)c1csc(NC(c2ccccc2)(c2ccccc2)c2ccccc2)n1. The second kappa shape index (κ2) is 19.0. The first-order valence-corrected chi connectivity index (χ1v) is 23.5. The zero-order valence-corrected chi connectivity index (χ0v) is 36.9. The van der Waals surface area contributed by atoms with E-state index in [1.54, 1.807) is 5.38 Å². The van der Waals surface area contributed by atoms with Crippen molar-refractivity contribution in [2.24, 2.45) is 10.6 Å². The van der Waals surface area contributed by atoms with Crippen molar-refractivity contribution in [2.45, 2.75) is 23.1 Å². The number of amides is 2. The number of fused-ring (bicyclic) bond motifs is 1. The maximum Gasteiger partial charge on any atom is 0.320 e. The number of carbonyl (C=O) groups is 3. The highest BCUT2D eigenvalue weighted by Crippen LogP contribution is 2.43. The lowest BCUT2D eigenvalue weighted by Gasteiger charge is -2.53. The minimum atomic E-state index is -1.75. The van der Waals surface area contributed by atoms with Crippen LogP contribution < -0.4 is 10.6 Å². The Hall–Kier alpha value is -5.99. The predicted molar refractivity (Wildman–Crippen MR) is 249 cm³/mol. The number of nitrogens with zero attached hydrogens (tertiary/aromatic N) is 3. The molecule has 14 heteroatoms. The van der Waals surface area contributed by atoms with E-state index in [-0.39, 0.29) is 34.7 Å². The third-order valence-electron chi connectivity index (χ3n) is 10.9. The van der Waals surface area contributed by atoms with E-state index in [9.17, 15) is 18.9 Å². The summed E-state index contributed by atoms with van der Waals surface area (Å²) in [5.74, 6) is 0.467. The smallest absolute Gasteiger partial charge is 0.320 e. The molecule has 0 bridgehead atoms. The van der Waals surface area contributed by atoms with Gasteiger partial charge in [0.15, 0.2) is 29.6 Å². The van der Waals surface area contributed by atoms with Crippen molar-refractivity contribution in [3.63, 3.8) is 0 Å². The fourth-order valence-electron chi connectivity index (χ4n) is 7.85. The first-order valence-electron chi connectivity index (χ1n) is 19.7. The van der Waals surface area contributed by atoms with Gasteiger partial charge in [-0.2, -0.15) is 0 Å². The van der Waals surface area contributed by atoms with Crippen LogP contribution in [-0.4, -0.2) is 72.7 Å². The van der Waals surface area contributed by atoms with Gasteiger partial charge in [0.25, 0.3) is 11.8 Å². The number of carbonyl (C=O) groups excluding carboxylic acids is 3. The number of β-lactam (4-membered cyclic amide) rings is 1. The average Bonchev–Trinajstić information content (AvgIpc) is 3.79. The van der Waals surface area contributed by atoms with E-state index < -0.39 is 57.4 Å². The van der Waals surface area contributed by atoms with E-state index in [2.05, 4.69) is 44.3 Å². The molecule has 0 saturated carbocycles. The summed E-state index contributed by atoms with van der Waals surface area (Å²) >= 11 is 1.60. The number of oxime groups is 1. The Labute approximate surface area is 380 Å². The Bertz CT molecular complexity index is 2440. The van der Waals surface area contributed by atoms with Gasteiger partial charge in [0.2, 0.25) is 5.37 Å². The summed E-state index contributed by atoms with van der Waals surface area (Å²) in [6.45, 7) is -0.246. The summed E-state index contributed by atoms with van der Waals surface area (Å²) in [4.78, 5) is 53.7. The molecule has 2 N–H and O–H groups in total. The molecule has 3 unspecified atom stereocenters. The van der Waals surface area contributed by atoms with Gasteiger partial charge in [-0.3, -0.25) is 19.3 Å². The molecule has 4 atom stereocenters. The van der Waals surface area contributed by atoms with Gasteiger partial charge in [0.05, 0.1) is 0 Å². The molecule has 2 amide bonds. The number of aromatic nitrogens is 1. The van der Waals surface area contributed by atoms with Crippen LogP contribution in [0, 0.1) is 17.8 Å². The number of esters is 1. The van der Waals surface area contributed by atoms with Gasteiger partial charge < -0.3 is 24.8 Å². The molecule has 0 aliphatic carbocycles. The highest BCUT2D eigenvalue weighted by atomic mass is 127. The van der Waals surface area contributed by atoms with Gasteiger partial charge in [-0.05, 0) is 39.0 Å². The zero-order chi connectivity index (χ0) is 43.1. The molecule has 11 nitrogen and oxygen atoms in total. The lowest BCUT2D eigenvalue weighted by atomic mass is 9.77. The van der Waals surface area contributed by atoms with E-state index in [1.807, 2.05) is 152 Å². The van der Waals surface area contributed by atoms with Crippen LogP contribution in [0.3, 0.4) is 0 Å². The quantitative estimate of drug-likeness (QED) is 0.0106. The van der Waals surface area contributed by atoms with Crippen molar-refractivity contribution in [3.8, 4) is 12.3 Å². The number of terminal acetylenes is 1. The number of nitrogens with one attached hydrogen (secondary N) is 2. The Kier molecular flexibility index (Phi) is 13.1. The molecule has 62 heavy (non-hydrogen) atoms. The maximum atomic E-state index is 14.2. The van der Waals surface area contributed by atoms with Crippen LogP contribution in [0.15, 0.2) is 162 Å². The minimum absolute atomic E-state index is 0.0218. The summed E-state index contributed by atoms with van der Waals surface area (Å²) in [6, 6.07) is 47.7. The van der Waals surface area contributed by atoms with Crippen LogP contribution in [0.25, 0.3) is 0 Å². The van der Waals surface area contributed by atoms with Gasteiger partial charge >= 0.3 is 5.97 Å². The Morgan fingerprint density at radius 1 is 0.903 bits per heavy atom. The number of hydrogen-bond donors (Lipinski definition) is 2. The largest absolute Gasteiger partial charge is 0.615 e. The molecule has 6 aromatic rings. The summed E-state index contributed by atoms with van der Waals surface area (Å²) in [7, 11) is 0. The molecule has 312 valence electrons. The molecule has 5 aromatic carbocycles. The molecule has 3 heterocycles. The lowest BCUT2D eigenvalue weighted by molar-refractivity contribution is -0.164. The van der Waals surface area contributed by atoms with Crippen LogP contribution in [0.4, 0.5) is 5.13 Å². The molecule has 0 spiro atoms. The number of alkyl halides is 1. The van der Waals surface area contributed by atoms with E-state index in [4.69, 9.17) is 21.0 Å². The first-order chi connectivity index (χ1) is 30.3. The van der Waals surface area contributed by atoms with Crippen molar-refractivity contribution in [3.05, 3.63) is 191 Å². The summed E-state index contributed by atoms with van der Waals surface area (Å²) in [5.41, 5.74) is 2.24. The second-order valence-corrected chi connectivity index (χ2v) is 17.9. The van der Waals surface area contributed by atoms with Crippen molar-refractivity contribution in [1.82, 2.24) is 15.2 Å². The molecular formula is C48H40IN5O6S2. The standard InChI is InChI=1S/C48H40IN5O6S2/c1-2-28-59-53-39(38-29-61-46(50-38)52-48(35-22-12-5-13-23-35,36-24-14-6-15-25-36)37-26-16-7-17-27-37)42(55)51-40-43(56)54-31-47(30-49,32-62(58)44(40)54)45(57)60-41(33-18-8-3-9-19-33)34-20-10-4-11-21-34/h1,3-27,29,40-41,44H,28,30-32H2,(H,50,52)(H,51,55)/t40?,44-,47?,62?/m1/s1. The van der Waals surface area contributed by atoms with Crippen LogP contribution in [0.5, 0.6) is 0 Å². The number of ether oxygens (including phenoxy) is 1. The third kappa shape index (κ3) is 8.45. The summed E-state index contributed by atoms with van der Waals surface area (Å²) in [6.07, 6.45) is 4.73. The molecule has 2 saturated heterocycles. The second-order valence-electron chi connectivity index (χ2n) is 14.8. The summed E-state index contributed by atoms with van der Waals surface area (Å²) in [5, 5.41) is 11.8. The number of halogens is 1. The highest BCUT2D eigenvalue weighted by molar-refractivity contribution is 14.1.